The molecule has 0 fully saturated rings. The average Bonchev–Trinajstić information content (AvgIpc) is 2.37. The van der Waals surface area contributed by atoms with Gasteiger partial charge in [-0.3, -0.25) is 4.79 Å². The Kier molecular flexibility index (Phi) is 5.01. The number of hydrogen-bond acceptors (Lipinski definition) is 2. The summed E-state index contributed by atoms with van der Waals surface area (Å²) >= 11 is 19.9. The average molecular weight is 441 g/mol. The zero-order chi connectivity index (χ0) is 14.9. The number of rotatable bonds is 2. The number of nitrogens with one attached hydrogen (secondary N) is 1. The fraction of sp³-hybridized carbons (Fsp3) is 0. The SMILES string of the molecule is Nc1cc(Cl)c(Cl)c(C(=O)Nc2ccc(Cl)cc2I)c1. The largest absolute Gasteiger partial charge is 0.399 e. The van der Waals surface area contributed by atoms with Crippen LogP contribution in [0, 0.1) is 3.57 Å². The van der Waals surface area contributed by atoms with E-state index in [2.05, 4.69) is 27.9 Å². The molecule has 2 rings (SSSR count). The number of nitrogen functional groups attached to an aromatic ring is 1. The summed E-state index contributed by atoms with van der Waals surface area (Å²) < 4.78 is 0.814. The third kappa shape index (κ3) is 3.49. The lowest BCUT2D eigenvalue weighted by molar-refractivity contribution is 0.102. The highest BCUT2D eigenvalue weighted by molar-refractivity contribution is 14.1. The van der Waals surface area contributed by atoms with Crippen LogP contribution in [0.15, 0.2) is 30.3 Å². The fourth-order valence-corrected chi connectivity index (χ4v) is 2.98. The van der Waals surface area contributed by atoms with Gasteiger partial charge in [0, 0.05) is 14.3 Å². The van der Waals surface area contributed by atoms with Gasteiger partial charge in [0.25, 0.3) is 5.91 Å². The van der Waals surface area contributed by atoms with Crippen LogP contribution in [0.4, 0.5) is 11.4 Å². The van der Waals surface area contributed by atoms with E-state index < -0.39 is 0 Å². The Bertz CT molecular complexity index is 692. The molecule has 0 spiro atoms. The minimum atomic E-state index is -0.385. The molecule has 0 bridgehead atoms. The summed E-state index contributed by atoms with van der Waals surface area (Å²) in [7, 11) is 0. The first kappa shape index (κ1) is 15.7. The van der Waals surface area contributed by atoms with Crippen molar-refractivity contribution >= 4 is 74.7 Å². The standard InChI is InChI=1S/C13H8Cl3IN2O/c14-6-1-2-11(10(17)3-6)19-13(20)8-4-7(18)5-9(15)12(8)16/h1-5H,18H2,(H,19,20). The van der Waals surface area contributed by atoms with Crippen LogP contribution >= 0.6 is 57.4 Å². The van der Waals surface area contributed by atoms with E-state index in [4.69, 9.17) is 40.5 Å². The van der Waals surface area contributed by atoms with Crippen LogP contribution < -0.4 is 11.1 Å². The fourth-order valence-electron chi connectivity index (χ4n) is 1.56. The highest BCUT2D eigenvalue weighted by atomic mass is 127. The molecule has 104 valence electrons. The number of anilines is 2. The lowest BCUT2D eigenvalue weighted by Gasteiger charge is -2.10. The summed E-state index contributed by atoms with van der Waals surface area (Å²) in [4.78, 5) is 12.2. The van der Waals surface area contributed by atoms with Gasteiger partial charge in [-0.15, -0.1) is 0 Å². The smallest absolute Gasteiger partial charge is 0.257 e. The Morgan fingerprint density at radius 2 is 1.85 bits per heavy atom. The molecule has 0 aliphatic heterocycles. The van der Waals surface area contributed by atoms with Crippen molar-refractivity contribution in [1.29, 1.82) is 0 Å². The van der Waals surface area contributed by atoms with Crippen molar-refractivity contribution in [3.63, 3.8) is 0 Å². The van der Waals surface area contributed by atoms with Crippen molar-refractivity contribution in [2.45, 2.75) is 0 Å². The van der Waals surface area contributed by atoms with E-state index in [0.29, 0.717) is 16.4 Å². The summed E-state index contributed by atoms with van der Waals surface area (Å²) in [6.45, 7) is 0. The molecule has 0 unspecified atom stereocenters. The predicted molar refractivity (Wildman–Crippen MR) is 93.0 cm³/mol. The van der Waals surface area contributed by atoms with Gasteiger partial charge >= 0.3 is 0 Å². The Hall–Kier alpha value is -0.690. The molecule has 3 N–H and O–H groups in total. The molecule has 1 amide bonds. The van der Waals surface area contributed by atoms with Gasteiger partial charge in [-0.25, -0.2) is 0 Å². The number of benzene rings is 2. The summed E-state index contributed by atoms with van der Waals surface area (Å²) in [5, 5.41) is 3.75. The quantitative estimate of drug-likeness (QED) is 0.504. The van der Waals surface area contributed by atoms with E-state index in [-0.39, 0.29) is 21.5 Å². The first-order chi connectivity index (χ1) is 9.38. The Morgan fingerprint density at radius 1 is 1.15 bits per heavy atom. The molecule has 7 heteroatoms. The maximum Gasteiger partial charge on any atom is 0.257 e. The van der Waals surface area contributed by atoms with E-state index in [1.165, 1.54) is 12.1 Å². The van der Waals surface area contributed by atoms with Crippen LogP contribution in [0.5, 0.6) is 0 Å². The maximum atomic E-state index is 12.2. The van der Waals surface area contributed by atoms with E-state index in [0.717, 1.165) is 3.57 Å². The lowest BCUT2D eigenvalue weighted by atomic mass is 10.2. The molecule has 0 atom stereocenters. The molecule has 0 radical (unpaired) electrons. The lowest BCUT2D eigenvalue weighted by Crippen LogP contribution is -2.14. The molecule has 0 heterocycles. The van der Waals surface area contributed by atoms with Gasteiger partial charge in [0.15, 0.2) is 0 Å². The number of halogens is 4. The topological polar surface area (TPSA) is 55.1 Å². The third-order valence-corrected chi connectivity index (χ3v) is 4.40. The molecular formula is C13H8Cl3IN2O. The van der Waals surface area contributed by atoms with Crippen LogP contribution in [0.1, 0.15) is 10.4 Å². The van der Waals surface area contributed by atoms with Gasteiger partial charge in [-0.1, -0.05) is 34.8 Å². The van der Waals surface area contributed by atoms with Crippen molar-refractivity contribution in [2.75, 3.05) is 11.1 Å². The molecule has 0 saturated heterocycles. The van der Waals surface area contributed by atoms with Crippen molar-refractivity contribution in [1.82, 2.24) is 0 Å². The highest BCUT2D eigenvalue weighted by Gasteiger charge is 2.15. The van der Waals surface area contributed by atoms with Crippen LogP contribution in [0.3, 0.4) is 0 Å². The van der Waals surface area contributed by atoms with E-state index in [1.807, 2.05) is 0 Å². The Labute approximate surface area is 144 Å². The zero-order valence-corrected chi connectivity index (χ0v) is 14.3. The first-order valence-electron chi connectivity index (χ1n) is 5.39. The summed E-state index contributed by atoms with van der Waals surface area (Å²) in [6.07, 6.45) is 0. The van der Waals surface area contributed by atoms with Gasteiger partial charge in [0.1, 0.15) is 0 Å². The normalized spacial score (nSPS) is 10.4. The predicted octanol–water partition coefficient (Wildman–Crippen LogP) is 5.09. The van der Waals surface area contributed by atoms with Crippen molar-refractivity contribution < 1.29 is 4.79 Å². The minimum Gasteiger partial charge on any atom is -0.399 e. The van der Waals surface area contributed by atoms with E-state index >= 15 is 0 Å². The molecule has 2 aromatic carbocycles. The van der Waals surface area contributed by atoms with Gasteiger partial charge in [0.05, 0.1) is 21.3 Å². The Morgan fingerprint density at radius 3 is 2.50 bits per heavy atom. The monoisotopic (exact) mass is 440 g/mol. The number of amides is 1. The summed E-state index contributed by atoms with van der Waals surface area (Å²) in [5.74, 6) is -0.385. The molecule has 0 aliphatic rings. The van der Waals surface area contributed by atoms with Crippen molar-refractivity contribution in [3.8, 4) is 0 Å². The van der Waals surface area contributed by atoms with Crippen LogP contribution in [0.2, 0.25) is 15.1 Å². The number of carbonyl (C=O) groups is 1. The maximum absolute atomic E-state index is 12.2. The number of hydrogen-bond donors (Lipinski definition) is 2. The molecule has 20 heavy (non-hydrogen) atoms. The number of carbonyl (C=O) groups excluding carboxylic acids is 1. The van der Waals surface area contributed by atoms with Gasteiger partial charge in [-0.2, -0.15) is 0 Å². The third-order valence-electron chi connectivity index (χ3n) is 2.47. The molecule has 0 aromatic heterocycles. The second-order valence-corrected chi connectivity index (χ2v) is 6.33. The summed E-state index contributed by atoms with van der Waals surface area (Å²) in [5.41, 5.74) is 6.90. The second-order valence-electron chi connectivity index (χ2n) is 3.94. The van der Waals surface area contributed by atoms with Gasteiger partial charge < -0.3 is 11.1 Å². The van der Waals surface area contributed by atoms with Crippen LogP contribution in [0.25, 0.3) is 0 Å². The highest BCUT2D eigenvalue weighted by Crippen LogP contribution is 2.30. The summed E-state index contributed by atoms with van der Waals surface area (Å²) in [6, 6.07) is 8.11. The first-order valence-corrected chi connectivity index (χ1v) is 7.60. The number of nitrogens with two attached hydrogens (primary N) is 1. The molecule has 0 aliphatic carbocycles. The molecule has 2 aromatic rings. The Balaban J connectivity index is 2.33. The minimum absolute atomic E-state index is 0.169. The zero-order valence-electron chi connectivity index (χ0n) is 9.88. The second kappa shape index (κ2) is 6.39. The van der Waals surface area contributed by atoms with Gasteiger partial charge in [0.2, 0.25) is 0 Å². The van der Waals surface area contributed by atoms with Crippen LogP contribution in [-0.4, -0.2) is 5.91 Å². The van der Waals surface area contributed by atoms with Crippen LogP contribution in [-0.2, 0) is 0 Å². The molecule has 0 saturated carbocycles. The van der Waals surface area contributed by atoms with Crippen molar-refractivity contribution in [2.24, 2.45) is 0 Å². The van der Waals surface area contributed by atoms with E-state index in [9.17, 15) is 4.79 Å². The van der Waals surface area contributed by atoms with Gasteiger partial charge in [-0.05, 0) is 52.9 Å². The molecule has 3 nitrogen and oxygen atoms in total. The molecular weight excluding hydrogens is 433 g/mol. The van der Waals surface area contributed by atoms with Crippen molar-refractivity contribution in [3.05, 3.63) is 54.5 Å². The van der Waals surface area contributed by atoms with E-state index in [1.54, 1.807) is 18.2 Å².